The van der Waals surface area contributed by atoms with Crippen molar-refractivity contribution in [1.82, 2.24) is 14.3 Å². The molecule has 34 heavy (non-hydrogen) atoms. The van der Waals surface area contributed by atoms with Gasteiger partial charge in [0.2, 0.25) is 10.0 Å². The molecule has 5 nitrogen and oxygen atoms in total. The van der Waals surface area contributed by atoms with E-state index >= 15 is 0 Å². The highest BCUT2D eigenvalue weighted by Gasteiger charge is 2.59. The van der Waals surface area contributed by atoms with E-state index < -0.39 is 10.0 Å². The van der Waals surface area contributed by atoms with Crippen molar-refractivity contribution in [2.45, 2.75) is 62.7 Å². The van der Waals surface area contributed by atoms with Crippen LogP contribution >= 0.6 is 0 Å². The van der Waals surface area contributed by atoms with Gasteiger partial charge >= 0.3 is 0 Å². The van der Waals surface area contributed by atoms with E-state index in [1.165, 1.54) is 23.3 Å². The summed E-state index contributed by atoms with van der Waals surface area (Å²) in [6.07, 6.45) is 10.1. The van der Waals surface area contributed by atoms with Crippen LogP contribution in [0.2, 0.25) is 0 Å². The maximum atomic E-state index is 13.3. The van der Waals surface area contributed by atoms with Crippen LogP contribution in [0.4, 0.5) is 4.39 Å². The Balaban J connectivity index is 1.30. The van der Waals surface area contributed by atoms with E-state index in [0.717, 1.165) is 61.9 Å². The van der Waals surface area contributed by atoms with Crippen molar-refractivity contribution in [3.8, 4) is 16.9 Å². The molecular formula is C27H30FN3O2S. The zero-order valence-corrected chi connectivity index (χ0v) is 20.2. The molecule has 178 valence electrons. The van der Waals surface area contributed by atoms with Crippen molar-refractivity contribution in [2.24, 2.45) is 11.8 Å². The smallest absolute Gasteiger partial charge is 0.215 e. The van der Waals surface area contributed by atoms with Crippen LogP contribution in [0.15, 0.2) is 55.0 Å². The molecule has 3 aromatic rings. The van der Waals surface area contributed by atoms with Crippen molar-refractivity contribution in [3.63, 3.8) is 0 Å². The molecule has 7 heteroatoms. The molecule has 0 radical (unpaired) electrons. The van der Waals surface area contributed by atoms with Crippen LogP contribution in [0.5, 0.6) is 0 Å². The fourth-order valence-electron chi connectivity index (χ4n) is 6.71. The molecular weight excluding hydrogens is 449 g/mol. The zero-order valence-electron chi connectivity index (χ0n) is 19.4. The summed E-state index contributed by atoms with van der Waals surface area (Å²) in [5, 5.41) is -0.257. The number of imidazole rings is 1. The third-order valence-electron chi connectivity index (χ3n) is 8.41. The van der Waals surface area contributed by atoms with E-state index in [1.54, 1.807) is 18.5 Å². The molecule has 1 aromatic heterocycles. The molecule has 1 spiro atoms. The summed E-state index contributed by atoms with van der Waals surface area (Å²) in [4.78, 5) is 4.60. The number of benzene rings is 2. The quantitative estimate of drug-likeness (QED) is 0.571. The summed E-state index contributed by atoms with van der Waals surface area (Å²) in [5.74, 6) is 0.439. The molecule has 4 atom stereocenters. The molecule has 1 saturated carbocycles. The normalized spacial score (nSPS) is 29.3. The standard InChI is InChI=1S/C27H30FN3O2S/c1-2-3-25-15-27(30-34(25,32)33)21-6-7-22(27)14-20-12-19(5-4-18(20)13-21)26-16-31(17-29-26)24-10-8-23(28)9-11-24/h4-5,8-12,16-17,21-22,25,30H,2-3,6-7,13-15H2,1H3/t21-,22+,25?,27+/m0/s1. The summed E-state index contributed by atoms with van der Waals surface area (Å²) >= 11 is 0. The Morgan fingerprint density at radius 2 is 1.82 bits per heavy atom. The lowest BCUT2D eigenvalue weighted by atomic mass is 9.76. The van der Waals surface area contributed by atoms with Gasteiger partial charge in [0.15, 0.2) is 0 Å². The number of fused-ring (bicyclic) bond motifs is 1. The average molecular weight is 480 g/mol. The predicted octanol–water partition coefficient (Wildman–Crippen LogP) is 5.03. The van der Waals surface area contributed by atoms with Crippen LogP contribution in [-0.2, 0) is 22.9 Å². The molecule has 1 unspecified atom stereocenters. The molecule has 1 N–H and O–H groups in total. The van der Waals surface area contributed by atoms with Gasteiger partial charge < -0.3 is 4.57 Å². The molecule has 2 bridgehead atoms. The number of nitrogens with one attached hydrogen (secondary N) is 1. The van der Waals surface area contributed by atoms with Crippen molar-refractivity contribution in [1.29, 1.82) is 0 Å². The lowest BCUT2D eigenvalue weighted by Crippen LogP contribution is -2.50. The predicted molar refractivity (Wildman–Crippen MR) is 131 cm³/mol. The fraction of sp³-hybridized carbons (Fsp3) is 0.444. The first-order chi connectivity index (χ1) is 16.4. The average Bonchev–Trinajstić information content (AvgIpc) is 3.45. The van der Waals surface area contributed by atoms with Crippen LogP contribution in [0, 0.1) is 17.7 Å². The first-order valence-corrected chi connectivity index (χ1v) is 13.9. The number of hydrogen-bond acceptors (Lipinski definition) is 3. The lowest BCUT2D eigenvalue weighted by Gasteiger charge is -2.34. The fourth-order valence-corrected chi connectivity index (χ4v) is 8.86. The largest absolute Gasteiger partial charge is 0.306 e. The molecule has 1 saturated heterocycles. The van der Waals surface area contributed by atoms with E-state index in [4.69, 9.17) is 0 Å². The van der Waals surface area contributed by atoms with Gasteiger partial charge in [-0.1, -0.05) is 25.5 Å². The van der Waals surface area contributed by atoms with Crippen LogP contribution in [-0.4, -0.2) is 28.8 Å². The summed E-state index contributed by atoms with van der Waals surface area (Å²) < 4.78 is 44.3. The lowest BCUT2D eigenvalue weighted by molar-refractivity contribution is 0.223. The van der Waals surface area contributed by atoms with Gasteiger partial charge in [-0.2, -0.15) is 0 Å². The molecule has 2 aromatic carbocycles. The van der Waals surface area contributed by atoms with Crippen molar-refractivity contribution >= 4 is 10.0 Å². The summed E-state index contributed by atoms with van der Waals surface area (Å²) in [6, 6.07) is 13.0. The zero-order chi connectivity index (χ0) is 23.5. The minimum atomic E-state index is -3.25. The van der Waals surface area contributed by atoms with E-state index in [2.05, 4.69) is 34.8 Å². The van der Waals surface area contributed by atoms with Gasteiger partial charge in [-0.05, 0) is 91.8 Å². The van der Waals surface area contributed by atoms with Crippen LogP contribution in [0.1, 0.15) is 50.2 Å². The highest BCUT2D eigenvalue weighted by molar-refractivity contribution is 7.90. The Morgan fingerprint density at radius 1 is 1.09 bits per heavy atom. The molecule has 1 aliphatic heterocycles. The minimum absolute atomic E-state index is 0.257. The Hall–Kier alpha value is -2.51. The van der Waals surface area contributed by atoms with Crippen molar-refractivity contribution in [2.75, 3.05) is 0 Å². The van der Waals surface area contributed by atoms with Gasteiger partial charge in [-0.25, -0.2) is 22.5 Å². The van der Waals surface area contributed by atoms with Crippen molar-refractivity contribution < 1.29 is 12.8 Å². The Kier molecular flexibility index (Phi) is 5.19. The highest BCUT2D eigenvalue weighted by Crippen LogP contribution is 2.53. The van der Waals surface area contributed by atoms with E-state index in [1.807, 2.05) is 10.8 Å². The molecule has 6 rings (SSSR count). The number of rotatable bonds is 4. The second-order valence-corrected chi connectivity index (χ2v) is 12.3. The van der Waals surface area contributed by atoms with E-state index in [9.17, 15) is 12.8 Å². The number of aromatic nitrogens is 2. The number of sulfonamides is 1. The van der Waals surface area contributed by atoms with Gasteiger partial charge in [0.25, 0.3) is 0 Å². The summed E-state index contributed by atoms with van der Waals surface area (Å²) in [5.41, 5.74) is 5.17. The monoisotopic (exact) mass is 479 g/mol. The first kappa shape index (κ1) is 22.0. The van der Waals surface area contributed by atoms with Gasteiger partial charge in [0.1, 0.15) is 5.82 Å². The SMILES string of the molecule is CCCC1C[C@]2(NS1(=O)=O)[C@@H]1CC[C@H]2Cc2ccc(-c3cn(-c4ccc(F)cc4)cn3)cc2C1. The number of halogens is 1. The Bertz CT molecular complexity index is 1330. The highest BCUT2D eigenvalue weighted by atomic mass is 32.2. The molecule has 2 aliphatic carbocycles. The summed E-state index contributed by atoms with van der Waals surface area (Å²) in [7, 11) is -3.25. The molecule has 2 fully saturated rings. The van der Waals surface area contributed by atoms with Gasteiger partial charge in [0.05, 0.1) is 17.3 Å². The van der Waals surface area contributed by atoms with Crippen molar-refractivity contribution in [3.05, 3.63) is 71.9 Å². The topological polar surface area (TPSA) is 64.0 Å². The van der Waals surface area contributed by atoms with Crippen LogP contribution < -0.4 is 4.72 Å². The Morgan fingerprint density at radius 3 is 2.56 bits per heavy atom. The van der Waals surface area contributed by atoms with Gasteiger partial charge in [-0.3, -0.25) is 0 Å². The number of nitrogens with zero attached hydrogens (tertiary/aromatic N) is 2. The number of hydrogen-bond donors (Lipinski definition) is 1. The maximum absolute atomic E-state index is 13.3. The van der Waals surface area contributed by atoms with Crippen LogP contribution in [0.3, 0.4) is 0 Å². The maximum Gasteiger partial charge on any atom is 0.215 e. The minimum Gasteiger partial charge on any atom is -0.306 e. The third kappa shape index (κ3) is 3.52. The third-order valence-corrected chi connectivity index (χ3v) is 10.4. The Labute approximate surface area is 200 Å². The molecule has 2 heterocycles. The van der Waals surface area contributed by atoms with Gasteiger partial charge in [-0.15, -0.1) is 0 Å². The first-order valence-electron chi connectivity index (χ1n) is 12.3. The summed E-state index contributed by atoms with van der Waals surface area (Å²) in [6.45, 7) is 2.07. The van der Waals surface area contributed by atoms with E-state index in [-0.39, 0.29) is 16.6 Å². The molecule has 3 aliphatic rings. The second-order valence-electron chi connectivity index (χ2n) is 10.3. The second kappa shape index (κ2) is 8.02. The van der Waals surface area contributed by atoms with E-state index in [0.29, 0.717) is 11.8 Å². The van der Waals surface area contributed by atoms with Gasteiger partial charge in [0, 0.05) is 23.0 Å². The van der Waals surface area contributed by atoms with Crippen LogP contribution in [0.25, 0.3) is 16.9 Å². The molecule has 0 amide bonds.